The predicted molar refractivity (Wildman–Crippen MR) is 198 cm³/mol. The lowest BCUT2D eigenvalue weighted by Crippen LogP contribution is -2.49. The van der Waals surface area contributed by atoms with Gasteiger partial charge in [-0.2, -0.15) is 0 Å². The third-order valence-electron chi connectivity index (χ3n) is 10.7. The Balaban J connectivity index is 1.78. The molecule has 2 amide bonds. The van der Waals surface area contributed by atoms with Gasteiger partial charge < -0.3 is 23.7 Å². The second kappa shape index (κ2) is 18.5. The number of hydrogen-bond acceptors (Lipinski definition) is 7. The van der Waals surface area contributed by atoms with Crippen LogP contribution in [-0.4, -0.2) is 68.9 Å². The monoisotopic (exact) mass is 697 g/mol. The van der Waals surface area contributed by atoms with Gasteiger partial charge in [-0.25, -0.2) is 9.69 Å². The molecule has 2 aromatic rings. The molecule has 9 heteroatoms. The first kappa shape index (κ1) is 40.7. The Kier molecular flexibility index (Phi) is 15.4. The average Bonchev–Trinajstić information content (AvgIpc) is 3.43. The van der Waals surface area contributed by atoms with Gasteiger partial charge in [-0.05, 0) is 64.6 Å². The maximum absolute atomic E-state index is 13.9. The van der Waals surface area contributed by atoms with Crippen LogP contribution in [0, 0.1) is 23.7 Å². The molecule has 8 nitrogen and oxygen atoms in total. The maximum Gasteiger partial charge on any atom is 0.416 e. The first-order valence-electron chi connectivity index (χ1n) is 18.2. The van der Waals surface area contributed by atoms with E-state index in [1.807, 2.05) is 61.5 Å². The molecular formula is C40H63NO7Si. The Morgan fingerprint density at radius 2 is 1.49 bits per heavy atom. The van der Waals surface area contributed by atoms with E-state index in [9.17, 15) is 14.7 Å². The molecular weight excluding hydrogens is 635 g/mol. The molecule has 0 unspecified atom stereocenters. The highest BCUT2D eigenvalue weighted by atomic mass is 28.4. The minimum atomic E-state index is -2.01. The summed E-state index contributed by atoms with van der Waals surface area (Å²) >= 11 is 0. The van der Waals surface area contributed by atoms with E-state index in [-0.39, 0.29) is 24.5 Å². The highest BCUT2D eigenvalue weighted by Gasteiger charge is 2.46. The van der Waals surface area contributed by atoms with Gasteiger partial charge in [0.15, 0.2) is 8.32 Å². The Hall–Kier alpha value is -2.72. The Labute approximate surface area is 297 Å². The summed E-state index contributed by atoms with van der Waals surface area (Å²) in [5.74, 6) is -0.570. The summed E-state index contributed by atoms with van der Waals surface area (Å²) in [7, 11) is -0.374. The molecule has 1 heterocycles. The number of nitrogens with zero attached hydrogens (tertiary/aromatic N) is 1. The van der Waals surface area contributed by atoms with Crippen molar-refractivity contribution in [2.45, 2.75) is 124 Å². The summed E-state index contributed by atoms with van der Waals surface area (Å²) in [5.41, 5.74) is 3.52. The molecule has 0 spiro atoms. The van der Waals surface area contributed by atoms with Crippen molar-refractivity contribution in [2.75, 3.05) is 20.3 Å². The van der Waals surface area contributed by atoms with Gasteiger partial charge in [0.1, 0.15) is 12.4 Å². The van der Waals surface area contributed by atoms with Gasteiger partial charge >= 0.3 is 6.09 Å². The standard InChI is InChI=1S/C40H63NO7Si/c1-26(2)49(27(3)4,28(5)6)48-23-29(7)21-30(8)38(46-24-34-17-19-36(45-11)20-18-34)31(9)37(42)32(10)39(43)41-35(25-47-40(41)44)22-33-15-13-12-14-16-33/h12-20,26-32,35,37-38,42H,21-25H2,1-11H3/t29-,30+,31+,32-,35-,37+,38+/m1/s1. The molecule has 274 valence electrons. The molecule has 1 saturated heterocycles. The Morgan fingerprint density at radius 3 is 2.04 bits per heavy atom. The van der Waals surface area contributed by atoms with E-state index in [1.54, 1.807) is 14.0 Å². The van der Waals surface area contributed by atoms with Crippen LogP contribution in [0.3, 0.4) is 0 Å². The number of cyclic esters (lactones) is 1. The zero-order valence-electron chi connectivity index (χ0n) is 31.8. The molecule has 1 aliphatic rings. The average molecular weight is 698 g/mol. The van der Waals surface area contributed by atoms with Crippen LogP contribution in [-0.2, 0) is 31.7 Å². The highest BCUT2D eigenvalue weighted by molar-refractivity contribution is 6.77. The molecule has 0 bridgehead atoms. The number of benzene rings is 2. The van der Waals surface area contributed by atoms with Gasteiger partial charge in [0.2, 0.25) is 5.91 Å². The number of aliphatic hydroxyl groups excluding tert-OH is 1. The largest absolute Gasteiger partial charge is 0.497 e. The molecule has 0 saturated carbocycles. The Morgan fingerprint density at radius 1 is 0.898 bits per heavy atom. The number of amides is 2. The van der Waals surface area contributed by atoms with E-state index in [0.717, 1.165) is 23.3 Å². The lowest BCUT2D eigenvalue weighted by molar-refractivity contribution is -0.141. The first-order valence-corrected chi connectivity index (χ1v) is 20.4. The van der Waals surface area contributed by atoms with Crippen LogP contribution >= 0.6 is 0 Å². The lowest BCUT2D eigenvalue weighted by atomic mass is 9.80. The van der Waals surface area contributed by atoms with Crippen LogP contribution < -0.4 is 4.74 Å². The van der Waals surface area contributed by atoms with Crippen molar-refractivity contribution in [1.82, 2.24) is 4.90 Å². The first-order chi connectivity index (χ1) is 23.1. The summed E-state index contributed by atoms with van der Waals surface area (Å²) in [4.78, 5) is 27.9. The Bertz CT molecular complexity index is 1280. The zero-order valence-corrected chi connectivity index (χ0v) is 32.8. The van der Waals surface area contributed by atoms with Crippen LogP contribution in [0.25, 0.3) is 0 Å². The fourth-order valence-corrected chi connectivity index (χ4v) is 13.7. The molecule has 0 radical (unpaired) electrons. The number of ether oxygens (including phenoxy) is 3. The van der Waals surface area contributed by atoms with E-state index >= 15 is 0 Å². The van der Waals surface area contributed by atoms with E-state index in [0.29, 0.717) is 36.3 Å². The fraction of sp³-hybridized carbons (Fsp3) is 0.650. The molecule has 3 rings (SSSR count). The van der Waals surface area contributed by atoms with Gasteiger partial charge in [-0.15, -0.1) is 0 Å². The number of hydrogen-bond donors (Lipinski definition) is 1. The molecule has 2 aromatic carbocycles. The van der Waals surface area contributed by atoms with Gasteiger partial charge in [-0.3, -0.25) is 4.79 Å². The lowest BCUT2D eigenvalue weighted by Gasteiger charge is -2.43. The maximum atomic E-state index is 13.9. The third-order valence-corrected chi connectivity index (χ3v) is 16.8. The van der Waals surface area contributed by atoms with Crippen LogP contribution in [0.2, 0.25) is 16.6 Å². The van der Waals surface area contributed by atoms with Crippen molar-refractivity contribution in [2.24, 2.45) is 23.7 Å². The molecule has 1 fully saturated rings. The summed E-state index contributed by atoms with van der Waals surface area (Å²) in [6.45, 7) is 23.0. The zero-order chi connectivity index (χ0) is 36.5. The quantitative estimate of drug-likeness (QED) is 0.147. The minimum Gasteiger partial charge on any atom is -0.497 e. The number of aliphatic hydroxyl groups is 1. The van der Waals surface area contributed by atoms with Crippen molar-refractivity contribution >= 4 is 20.3 Å². The summed E-state index contributed by atoms with van der Waals surface area (Å²) in [5, 5.41) is 11.8. The number of rotatable bonds is 19. The van der Waals surface area contributed by atoms with Crippen molar-refractivity contribution in [3.05, 3.63) is 65.7 Å². The van der Waals surface area contributed by atoms with Gasteiger partial charge in [0.25, 0.3) is 0 Å². The normalized spacial score (nSPS) is 19.1. The van der Waals surface area contributed by atoms with Crippen LogP contribution in [0.4, 0.5) is 4.79 Å². The van der Waals surface area contributed by atoms with Crippen molar-refractivity contribution in [1.29, 1.82) is 0 Å². The number of carbonyl (C=O) groups is 2. The fourth-order valence-electron chi connectivity index (χ4n) is 8.15. The van der Waals surface area contributed by atoms with E-state index < -0.39 is 44.3 Å². The van der Waals surface area contributed by atoms with Gasteiger partial charge in [-0.1, -0.05) is 112 Å². The summed E-state index contributed by atoms with van der Waals surface area (Å²) < 4.78 is 24.2. The summed E-state index contributed by atoms with van der Waals surface area (Å²) in [6.07, 6.45) is -0.728. The molecule has 49 heavy (non-hydrogen) atoms. The van der Waals surface area contributed by atoms with Gasteiger partial charge in [0.05, 0.1) is 37.9 Å². The smallest absolute Gasteiger partial charge is 0.416 e. The highest BCUT2D eigenvalue weighted by Crippen LogP contribution is 2.43. The topological polar surface area (TPSA) is 94.5 Å². The second-order valence-electron chi connectivity index (χ2n) is 15.3. The van der Waals surface area contributed by atoms with Crippen molar-refractivity contribution in [3.63, 3.8) is 0 Å². The van der Waals surface area contributed by atoms with E-state index in [4.69, 9.17) is 18.6 Å². The third kappa shape index (κ3) is 10.2. The van der Waals surface area contributed by atoms with Crippen LogP contribution in [0.5, 0.6) is 5.75 Å². The molecule has 7 atom stereocenters. The SMILES string of the molecule is COc1ccc(CO[C@H]([C@@H](C)[C@H](O)[C@@H](C)C(=O)N2C(=O)OC[C@H]2Cc2ccccc2)[C@@H](C)C[C@@H](C)CO[Si](C(C)C)(C(C)C)C(C)C)cc1. The van der Waals surface area contributed by atoms with Crippen LogP contribution in [0.15, 0.2) is 54.6 Å². The minimum absolute atomic E-state index is 0.0552. The van der Waals surface area contributed by atoms with Crippen LogP contribution in [0.1, 0.15) is 86.8 Å². The molecule has 0 aromatic heterocycles. The van der Waals surface area contributed by atoms with E-state index in [1.165, 1.54) is 4.90 Å². The van der Waals surface area contributed by atoms with E-state index in [2.05, 4.69) is 55.4 Å². The number of imide groups is 1. The molecule has 1 N–H and O–H groups in total. The van der Waals surface area contributed by atoms with Gasteiger partial charge in [0, 0.05) is 12.5 Å². The summed E-state index contributed by atoms with van der Waals surface area (Å²) in [6, 6.07) is 17.1. The molecule has 1 aliphatic heterocycles. The molecule has 0 aliphatic carbocycles. The number of methoxy groups -OCH3 is 1. The predicted octanol–water partition coefficient (Wildman–Crippen LogP) is 8.66. The number of carbonyl (C=O) groups excluding carboxylic acids is 2. The second-order valence-corrected chi connectivity index (χ2v) is 20.8. The van der Waals surface area contributed by atoms with Crippen molar-refractivity contribution in [3.8, 4) is 5.75 Å². The van der Waals surface area contributed by atoms with Crippen molar-refractivity contribution < 1.29 is 33.3 Å².